The van der Waals surface area contributed by atoms with E-state index in [2.05, 4.69) is 68.4 Å². The van der Waals surface area contributed by atoms with Gasteiger partial charge in [0.25, 0.3) is 0 Å². The number of carbonyl (C=O) groups excluding carboxylic acids is 1. The minimum Gasteiger partial charge on any atom is -0.481 e. The van der Waals surface area contributed by atoms with Crippen LogP contribution in [0.4, 0.5) is 0 Å². The number of fused-ring (bicyclic) bond motifs is 7. The van der Waals surface area contributed by atoms with Crippen molar-refractivity contribution in [3.8, 4) is 0 Å². The standard InChI is InChI=1S/C35H56O4/c1-22(2)20-28(36)39-27-13-16-32(7)23(31(27,5)6)10-14-33(8)24(32)11-15-34(9)25(33)12-17-35(29(37)38)19-18-30(3,4)21-26(34)35/h12,22-24,26-27H,10-11,13-21H2,1-9H3,(H,37,38)/t23-,24+,26-,27+,32-,33+,34+,35+/m0/s1. The molecule has 5 aliphatic carbocycles. The second kappa shape index (κ2) is 9.09. The highest BCUT2D eigenvalue weighted by Crippen LogP contribution is 2.75. The molecule has 0 aromatic rings. The van der Waals surface area contributed by atoms with Crippen LogP contribution in [0.3, 0.4) is 0 Å². The van der Waals surface area contributed by atoms with Crippen molar-refractivity contribution < 1.29 is 19.4 Å². The summed E-state index contributed by atoms with van der Waals surface area (Å²) in [5, 5.41) is 10.6. The Hall–Kier alpha value is -1.32. The molecule has 4 heteroatoms. The topological polar surface area (TPSA) is 63.6 Å². The van der Waals surface area contributed by atoms with Crippen LogP contribution in [-0.4, -0.2) is 23.1 Å². The van der Waals surface area contributed by atoms with Crippen LogP contribution >= 0.6 is 0 Å². The fourth-order valence-electron chi connectivity index (χ4n) is 11.6. The van der Waals surface area contributed by atoms with Gasteiger partial charge >= 0.3 is 11.9 Å². The van der Waals surface area contributed by atoms with E-state index in [1.54, 1.807) is 5.57 Å². The highest BCUT2D eigenvalue weighted by molar-refractivity contribution is 5.76. The number of carboxylic acid groups (broad SMARTS) is 1. The third kappa shape index (κ3) is 4.18. The fourth-order valence-corrected chi connectivity index (χ4v) is 11.6. The molecule has 0 spiro atoms. The van der Waals surface area contributed by atoms with E-state index in [0.29, 0.717) is 30.6 Å². The van der Waals surface area contributed by atoms with Crippen LogP contribution < -0.4 is 0 Å². The molecule has 0 saturated heterocycles. The van der Waals surface area contributed by atoms with E-state index in [1.165, 1.54) is 6.42 Å². The number of aliphatic carboxylic acids is 1. The van der Waals surface area contributed by atoms with Crippen molar-refractivity contribution in [2.75, 3.05) is 0 Å². The summed E-state index contributed by atoms with van der Waals surface area (Å²) in [4.78, 5) is 25.6. The van der Waals surface area contributed by atoms with Gasteiger partial charge in [0.2, 0.25) is 0 Å². The summed E-state index contributed by atoms with van der Waals surface area (Å²) in [6.07, 6.45) is 13.1. The van der Waals surface area contributed by atoms with Crippen molar-refractivity contribution in [2.24, 2.45) is 56.2 Å². The van der Waals surface area contributed by atoms with Crippen molar-refractivity contribution in [3.05, 3.63) is 11.6 Å². The average Bonchev–Trinajstić information content (AvgIpc) is 2.80. The van der Waals surface area contributed by atoms with Crippen molar-refractivity contribution in [3.63, 3.8) is 0 Å². The molecule has 4 saturated carbocycles. The van der Waals surface area contributed by atoms with E-state index < -0.39 is 11.4 Å². The molecular weight excluding hydrogens is 484 g/mol. The lowest BCUT2D eigenvalue weighted by Gasteiger charge is -2.70. The Morgan fingerprint density at radius 2 is 1.49 bits per heavy atom. The first kappa shape index (κ1) is 29.2. The van der Waals surface area contributed by atoms with Crippen LogP contribution in [0.1, 0.15) is 133 Å². The summed E-state index contributed by atoms with van der Waals surface area (Å²) in [5.41, 5.74) is 1.43. The molecule has 4 nitrogen and oxygen atoms in total. The lowest BCUT2D eigenvalue weighted by Crippen LogP contribution is -2.64. The zero-order valence-electron chi connectivity index (χ0n) is 26.4. The van der Waals surface area contributed by atoms with E-state index in [0.717, 1.165) is 51.4 Å². The van der Waals surface area contributed by atoms with Gasteiger partial charge in [0.15, 0.2) is 0 Å². The summed E-state index contributed by atoms with van der Waals surface area (Å²) >= 11 is 0. The maximum absolute atomic E-state index is 12.9. The number of carboxylic acids is 1. The quantitative estimate of drug-likeness (QED) is 0.286. The molecule has 4 fully saturated rings. The summed E-state index contributed by atoms with van der Waals surface area (Å²) in [6, 6.07) is 0. The van der Waals surface area contributed by atoms with Crippen LogP contribution in [0, 0.1) is 56.2 Å². The Kier molecular flexibility index (Phi) is 6.80. The van der Waals surface area contributed by atoms with E-state index in [1.807, 2.05) is 0 Å². The molecule has 220 valence electrons. The number of hydrogen-bond donors (Lipinski definition) is 1. The highest BCUT2D eigenvalue weighted by Gasteiger charge is 2.68. The van der Waals surface area contributed by atoms with Crippen molar-refractivity contribution in [1.29, 1.82) is 0 Å². The smallest absolute Gasteiger partial charge is 0.310 e. The fraction of sp³-hybridized carbons (Fsp3) is 0.886. The Balaban J connectivity index is 1.47. The van der Waals surface area contributed by atoms with Crippen LogP contribution in [-0.2, 0) is 14.3 Å². The van der Waals surface area contributed by atoms with E-state index in [4.69, 9.17) is 4.74 Å². The Morgan fingerprint density at radius 3 is 2.10 bits per heavy atom. The molecule has 0 aromatic heterocycles. The second-order valence-corrected chi connectivity index (χ2v) is 17.2. The van der Waals surface area contributed by atoms with Crippen molar-refractivity contribution in [1.82, 2.24) is 0 Å². The molecule has 0 amide bonds. The molecular formula is C35H56O4. The minimum atomic E-state index is -0.599. The third-order valence-electron chi connectivity index (χ3n) is 13.6. The number of carbonyl (C=O) groups is 2. The molecule has 0 unspecified atom stereocenters. The average molecular weight is 541 g/mol. The lowest BCUT2D eigenvalue weighted by atomic mass is 9.34. The van der Waals surface area contributed by atoms with Crippen molar-refractivity contribution >= 4 is 11.9 Å². The summed E-state index contributed by atoms with van der Waals surface area (Å²) in [5.74, 6) is 1.04. The summed E-state index contributed by atoms with van der Waals surface area (Å²) in [6.45, 7) is 21.2. The van der Waals surface area contributed by atoms with Crippen LogP contribution in [0.25, 0.3) is 0 Å². The van der Waals surface area contributed by atoms with Gasteiger partial charge < -0.3 is 9.84 Å². The van der Waals surface area contributed by atoms with Gasteiger partial charge in [-0.25, -0.2) is 0 Å². The first-order valence-corrected chi connectivity index (χ1v) is 16.1. The molecule has 0 bridgehead atoms. The Bertz CT molecular complexity index is 1050. The third-order valence-corrected chi connectivity index (χ3v) is 13.6. The molecule has 0 heterocycles. The SMILES string of the molecule is CC(C)CC(=O)O[C@@H]1CC[C@]2(C)[C@H]3CC[C@]4(C)C(=CC[C@@]5(C(=O)O)CCC(C)(C)C[C@H]54)[C@]3(C)CC[C@H]2C1(C)C. The Morgan fingerprint density at radius 1 is 0.872 bits per heavy atom. The molecule has 5 rings (SSSR count). The summed E-state index contributed by atoms with van der Waals surface area (Å²) in [7, 11) is 0. The molecule has 5 aliphatic rings. The number of esters is 1. The molecule has 0 aliphatic heterocycles. The predicted molar refractivity (Wildman–Crippen MR) is 156 cm³/mol. The molecule has 39 heavy (non-hydrogen) atoms. The van der Waals surface area contributed by atoms with E-state index in [9.17, 15) is 14.7 Å². The van der Waals surface area contributed by atoms with Gasteiger partial charge in [-0.3, -0.25) is 9.59 Å². The minimum absolute atomic E-state index is 0.00501. The van der Waals surface area contributed by atoms with Crippen molar-refractivity contribution in [2.45, 2.75) is 139 Å². The highest BCUT2D eigenvalue weighted by atomic mass is 16.5. The normalized spacial score (nSPS) is 46.2. The number of rotatable bonds is 4. The van der Waals surface area contributed by atoms with Gasteiger partial charge in [0.1, 0.15) is 6.10 Å². The molecule has 0 radical (unpaired) electrons. The first-order chi connectivity index (χ1) is 17.9. The largest absolute Gasteiger partial charge is 0.481 e. The molecule has 8 atom stereocenters. The van der Waals surface area contributed by atoms with E-state index in [-0.39, 0.29) is 45.1 Å². The monoisotopic (exact) mass is 540 g/mol. The van der Waals surface area contributed by atoms with Crippen LogP contribution in [0.15, 0.2) is 11.6 Å². The zero-order valence-corrected chi connectivity index (χ0v) is 26.4. The number of allylic oxidation sites excluding steroid dienone is 2. The second-order valence-electron chi connectivity index (χ2n) is 17.2. The maximum atomic E-state index is 12.9. The van der Waals surface area contributed by atoms with Crippen LogP contribution in [0.5, 0.6) is 0 Å². The van der Waals surface area contributed by atoms with Gasteiger partial charge in [-0.05, 0) is 110 Å². The van der Waals surface area contributed by atoms with Gasteiger partial charge in [-0.2, -0.15) is 0 Å². The Labute approximate surface area is 238 Å². The predicted octanol–water partition coefficient (Wildman–Crippen LogP) is 8.83. The van der Waals surface area contributed by atoms with Gasteiger partial charge in [-0.15, -0.1) is 0 Å². The zero-order chi connectivity index (χ0) is 28.8. The van der Waals surface area contributed by atoms with Crippen LogP contribution in [0.2, 0.25) is 0 Å². The number of hydrogen-bond acceptors (Lipinski definition) is 3. The maximum Gasteiger partial charge on any atom is 0.310 e. The first-order valence-electron chi connectivity index (χ1n) is 16.1. The molecule has 1 N–H and O–H groups in total. The van der Waals surface area contributed by atoms with Gasteiger partial charge in [0.05, 0.1) is 5.41 Å². The number of ether oxygens (including phenoxy) is 1. The molecule has 0 aromatic carbocycles. The summed E-state index contributed by atoms with van der Waals surface area (Å²) < 4.78 is 6.18. The van der Waals surface area contributed by atoms with E-state index >= 15 is 0 Å². The van der Waals surface area contributed by atoms with Gasteiger partial charge in [0, 0.05) is 11.8 Å². The lowest BCUT2D eigenvalue weighted by molar-refractivity contribution is -0.202. The van der Waals surface area contributed by atoms with Gasteiger partial charge in [-0.1, -0.05) is 74.0 Å².